The van der Waals surface area contributed by atoms with Crippen molar-refractivity contribution in [2.24, 2.45) is 5.92 Å². The molecule has 9 heteroatoms. The number of benzene rings is 2. The fourth-order valence-electron chi connectivity index (χ4n) is 3.94. The van der Waals surface area contributed by atoms with E-state index in [2.05, 4.69) is 10.8 Å². The highest BCUT2D eigenvalue weighted by molar-refractivity contribution is 5.32. The first-order valence-corrected chi connectivity index (χ1v) is 11.0. The van der Waals surface area contributed by atoms with Gasteiger partial charge in [0, 0.05) is 11.6 Å². The van der Waals surface area contributed by atoms with Crippen molar-refractivity contribution in [2.45, 2.75) is 64.3 Å². The second-order valence-corrected chi connectivity index (χ2v) is 8.26. The maximum atomic E-state index is 14.4. The summed E-state index contributed by atoms with van der Waals surface area (Å²) in [6, 6.07) is 3.60. The number of ether oxygens (including phenoxy) is 2. The van der Waals surface area contributed by atoms with Gasteiger partial charge in [-0.2, -0.15) is 8.78 Å². The van der Waals surface area contributed by atoms with Crippen LogP contribution in [0.4, 0.5) is 30.7 Å². The molecule has 0 bridgehead atoms. The Hall–Kier alpha value is -2.55. The van der Waals surface area contributed by atoms with Crippen LogP contribution in [0.1, 0.15) is 62.1 Å². The quantitative estimate of drug-likeness (QED) is 0.261. The molecular weight excluding hydrogens is 465 g/mol. The van der Waals surface area contributed by atoms with Crippen molar-refractivity contribution in [1.82, 2.24) is 0 Å². The zero-order valence-corrected chi connectivity index (χ0v) is 18.5. The summed E-state index contributed by atoms with van der Waals surface area (Å²) in [7, 11) is 0. The fourth-order valence-corrected chi connectivity index (χ4v) is 3.94. The highest BCUT2D eigenvalue weighted by Gasteiger charge is 2.40. The fraction of sp³-hybridized carbons (Fsp3) is 0.440. The Bertz CT molecular complexity index is 999. The van der Waals surface area contributed by atoms with E-state index in [9.17, 15) is 30.7 Å². The third kappa shape index (κ3) is 6.31. The molecule has 2 nitrogen and oxygen atoms in total. The van der Waals surface area contributed by atoms with Gasteiger partial charge < -0.3 is 9.47 Å². The third-order valence-electron chi connectivity index (χ3n) is 5.90. The van der Waals surface area contributed by atoms with Gasteiger partial charge in [-0.1, -0.05) is 18.2 Å². The predicted octanol–water partition coefficient (Wildman–Crippen LogP) is 8.21. The second kappa shape index (κ2) is 11.3. The molecule has 2 aromatic rings. The molecule has 0 N–H and O–H groups in total. The van der Waals surface area contributed by atoms with Gasteiger partial charge in [0.05, 0.1) is 18.3 Å². The molecule has 0 unspecified atom stereocenters. The van der Waals surface area contributed by atoms with Gasteiger partial charge in [-0.25, -0.2) is 22.0 Å². The van der Waals surface area contributed by atoms with E-state index in [4.69, 9.17) is 4.74 Å². The smallest absolute Gasteiger partial charge is 0.429 e. The Balaban J connectivity index is 1.61. The van der Waals surface area contributed by atoms with Crippen LogP contribution in [0.25, 0.3) is 0 Å². The van der Waals surface area contributed by atoms with Crippen molar-refractivity contribution in [3.63, 3.8) is 0 Å². The molecule has 34 heavy (non-hydrogen) atoms. The molecule has 186 valence electrons. The number of hydrogen-bond donors (Lipinski definition) is 0. The van der Waals surface area contributed by atoms with Gasteiger partial charge in [0.1, 0.15) is 17.1 Å². The molecule has 3 rings (SSSR count). The number of allylic oxidation sites excluding steroid dienone is 2. The molecule has 0 aromatic heterocycles. The van der Waals surface area contributed by atoms with Crippen molar-refractivity contribution in [3.05, 3.63) is 76.6 Å². The minimum Gasteiger partial charge on any atom is -0.429 e. The Labute approximate surface area is 193 Å². The number of hydrogen-bond acceptors (Lipinski definition) is 2. The monoisotopic (exact) mass is 490 g/mol. The number of rotatable bonds is 9. The molecule has 0 saturated heterocycles. The summed E-state index contributed by atoms with van der Waals surface area (Å²) in [4.78, 5) is 0. The van der Waals surface area contributed by atoms with E-state index in [1.54, 1.807) is 0 Å². The molecule has 0 aliphatic heterocycles. The van der Waals surface area contributed by atoms with Gasteiger partial charge in [0.25, 0.3) is 6.43 Å². The van der Waals surface area contributed by atoms with Crippen LogP contribution in [-0.4, -0.2) is 6.10 Å². The zero-order valence-electron chi connectivity index (χ0n) is 18.5. The molecule has 1 aliphatic rings. The van der Waals surface area contributed by atoms with Crippen LogP contribution in [-0.2, 0) is 17.5 Å². The first-order chi connectivity index (χ1) is 16.1. The summed E-state index contributed by atoms with van der Waals surface area (Å²) >= 11 is 0. The highest BCUT2D eigenvalue weighted by Crippen LogP contribution is 2.37. The lowest BCUT2D eigenvalue weighted by atomic mass is 9.85. The molecule has 0 spiro atoms. The standard InChI is InChI=1S/C25H25F7O2/c1-2-3-4-15-5-8-17(9-6-15)33-14-16-7-10-18(13-21(16)26)34-25(31,32)20-12-11-19(24(29)30)22(27)23(20)28/h2-3,7,10-13,15,17,24H,4-6,8-9,14H2,1H3/b3-2-. The van der Waals surface area contributed by atoms with Crippen LogP contribution in [0, 0.1) is 23.4 Å². The van der Waals surface area contributed by atoms with Gasteiger partial charge in [-0.15, -0.1) is 0 Å². The van der Waals surface area contributed by atoms with E-state index < -0.39 is 46.9 Å². The topological polar surface area (TPSA) is 18.5 Å². The molecular formula is C25H25F7O2. The molecule has 0 radical (unpaired) electrons. The first kappa shape index (κ1) is 26.1. The summed E-state index contributed by atoms with van der Waals surface area (Å²) in [6.45, 7) is 1.92. The average molecular weight is 490 g/mol. The van der Waals surface area contributed by atoms with E-state index >= 15 is 0 Å². The maximum absolute atomic E-state index is 14.4. The Morgan fingerprint density at radius 3 is 2.32 bits per heavy atom. The molecule has 0 amide bonds. The van der Waals surface area contributed by atoms with E-state index in [0.717, 1.165) is 38.2 Å². The van der Waals surface area contributed by atoms with Crippen LogP contribution in [0.2, 0.25) is 0 Å². The van der Waals surface area contributed by atoms with Gasteiger partial charge in [-0.3, -0.25) is 0 Å². The van der Waals surface area contributed by atoms with Gasteiger partial charge in [0.15, 0.2) is 11.6 Å². The summed E-state index contributed by atoms with van der Waals surface area (Å²) in [6.07, 6.45) is 1.07. The van der Waals surface area contributed by atoms with Crippen molar-refractivity contribution in [1.29, 1.82) is 0 Å². The van der Waals surface area contributed by atoms with Crippen molar-refractivity contribution in [2.75, 3.05) is 0 Å². The molecule has 1 aliphatic carbocycles. The largest absolute Gasteiger partial charge is 0.429 e. The molecule has 0 atom stereocenters. The SMILES string of the molecule is C/C=C\CC1CCC(OCc2ccc(OC(F)(F)c3ccc(C(F)F)c(F)c3F)cc2F)CC1. The van der Waals surface area contributed by atoms with Gasteiger partial charge >= 0.3 is 6.11 Å². The molecule has 2 aromatic carbocycles. The van der Waals surface area contributed by atoms with Crippen LogP contribution < -0.4 is 4.74 Å². The lowest BCUT2D eigenvalue weighted by Crippen LogP contribution is -2.24. The summed E-state index contributed by atoms with van der Waals surface area (Å²) < 4.78 is 106. The number of alkyl halides is 4. The van der Waals surface area contributed by atoms with E-state index in [1.807, 2.05) is 13.0 Å². The van der Waals surface area contributed by atoms with Crippen molar-refractivity contribution < 1.29 is 40.2 Å². The van der Waals surface area contributed by atoms with E-state index in [0.29, 0.717) is 24.1 Å². The highest BCUT2D eigenvalue weighted by atomic mass is 19.3. The van der Waals surface area contributed by atoms with E-state index in [1.165, 1.54) is 6.07 Å². The Kier molecular flexibility index (Phi) is 8.62. The average Bonchev–Trinajstić information content (AvgIpc) is 2.79. The normalized spacial score (nSPS) is 19.2. The van der Waals surface area contributed by atoms with Crippen LogP contribution in [0.15, 0.2) is 42.5 Å². The Morgan fingerprint density at radius 1 is 1.00 bits per heavy atom. The maximum Gasteiger partial charge on any atom is 0.429 e. The lowest BCUT2D eigenvalue weighted by molar-refractivity contribution is -0.187. The minimum atomic E-state index is -4.43. The van der Waals surface area contributed by atoms with Crippen LogP contribution in [0.5, 0.6) is 5.75 Å². The van der Waals surface area contributed by atoms with Crippen LogP contribution >= 0.6 is 0 Å². The zero-order chi connectivity index (χ0) is 24.9. The summed E-state index contributed by atoms with van der Waals surface area (Å²) in [5.41, 5.74) is -2.80. The third-order valence-corrected chi connectivity index (χ3v) is 5.90. The van der Waals surface area contributed by atoms with Crippen molar-refractivity contribution >= 4 is 0 Å². The first-order valence-electron chi connectivity index (χ1n) is 11.0. The summed E-state index contributed by atoms with van der Waals surface area (Å²) in [5, 5.41) is 0. The Morgan fingerprint density at radius 2 is 1.71 bits per heavy atom. The molecule has 0 heterocycles. The van der Waals surface area contributed by atoms with Crippen molar-refractivity contribution in [3.8, 4) is 5.75 Å². The molecule has 1 saturated carbocycles. The van der Waals surface area contributed by atoms with E-state index in [-0.39, 0.29) is 18.3 Å². The van der Waals surface area contributed by atoms with Gasteiger partial charge in [0.2, 0.25) is 0 Å². The predicted molar refractivity (Wildman–Crippen MR) is 112 cm³/mol. The molecule has 1 fully saturated rings. The van der Waals surface area contributed by atoms with Gasteiger partial charge in [-0.05, 0) is 63.1 Å². The van der Waals surface area contributed by atoms with Crippen LogP contribution in [0.3, 0.4) is 0 Å². The summed E-state index contributed by atoms with van der Waals surface area (Å²) in [5.74, 6) is -5.15. The lowest BCUT2D eigenvalue weighted by Gasteiger charge is -2.28. The minimum absolute atomic E-state index is 0.0180. The second-order valence-electron chi connectivity index (χ2n) is 8.26. The number of halogens is 7.